The van der Waals surface area contributed by atoms with Crippen LogP contribution in [0.5, 0.6) is 11.6 Å². The van der Waals surface area contributed by atoms with Gasteiger partial charge in [-0.2, -0.15) is 13.2 Å². The molecule has 0 fully saturated rings. The lowest BCUT2D eigenvalue weighted by atomic mass is 9.94. The number of rotatable bonds is 7. The number of aryl methyl sites for hydroxylation is 1. The number of alkyl halides is 3. The zero-order valence-electron chi connectivity index (χ0n) is 18.0. The van der Waals surface area contributed by atoms with Crippen LogP contribution in [0.3, 0.4) is 0 Å². The lowest BCUT2D eigenvalue weighted by Crippen LogP contribution is -2.19. The first-order valence-corrected chi connectivity index (χ1v) is 10.1. The van der Waals surface area contributed by atoms with Crippen LogP contribution in [0.1, 0.15) is 12.5 Å². The first kappa shape index (κ1) is 23.6. The van der Waals surface area contributed by atoms with Crippen LogP contribution in [0.4, 0.5) is 22.0 Å². The second kappa shape index (κ2) is 9.34. The van der Waals surface area contributed by atoms with Crippen molar-refractivity contribution in [1.82, 2.24) is 15.0 Å². The fourth-order valence-electron chi connectivity index (χ4n) is 3.65. The van der Waals surface area contributed by atoms with Crippen molar-refractivity contribution in [3.05, 3.63) is 54.0 Å². The number of aromatic nitrogens is 3. The van der Waals surface area contributed by atoms with Gasteiger partial charge in [-0.25, -0.2) is 18.7 Å². The molecule has 0 radical (unpaired) electrons. The van der Waals surface area contributed by atoms with Crippen LogP contribution in [-0.4, -0.2) is 41.6 Å². The van der Waals surface area contributed by atoms with E-state index in [2.05, 4.69) is 15.0 Å². The smallest absolute Gasteiger partial charge is 0.422 e. The van der Waals surface area contributed by atoms with Crippen molar-refractivity contribution in [2.24, 2.45) is 0 Å². The largest absolute Gasteiger partial charge is 0.468 e. The lowest BCUT2D eigenvalue weighted by molar-refractivity contribution is -0.153. The molecular weight excluding hydrogens is 461 g/mol. The summed E-state index contributed by atoms with van der Waals surface area (Å²) in [6, 6.07) is 6.02. The molecule has 0 saturated carbocycles. The van der Waals surface area contributed by atoms with E-state index in [1.54, 1.807) is 13.0 Å². The van der Waals surface area contributed by atoms with Crippen LogP contribution in [-0.2, 0) is 11.2 Å². The number of hydrogen-bond acceptors (Lipinski definition) is 6. The molecule has 0 aliphatic rings. The van der Waals surface area contributed by atoms with E-state index in [0.29, 0.717) is 28.5 Å². The third-order valence-electron chi connectivity index (χ3n) is 5.05. The number of ether oxygens (including phenoxy) is 3. The number of pyridine rings is 1. The average Bonchev–Trinajstić information content (AvgIpc) is 2.81. The molecule has 0 amide bonds. The molecule has 11 heteroatoms. The maximum Gasteiger partial charge on any atom is 0.422 e. The standard InChI is InChI=1S/C23H18F5N3O3/c1-3-14-17(24)5-4-12-6-13(34-11-32-2)7-15(18(12)14)20-19(25)21-16(8-29-20)22(31-10-30-21)33-9-23(26,27)28/h4-8,10H,3,9,11H2,1-2H3. The number of methoxy groups -OCH3 is 1. The van der Waals surface area contributed by atoms with Crippen LogP contribution in [0.2, 0.25) is 0 Å². The summed E-state index contributed by atoms with van der Waals surface area (Å²) in [5.74, 6) is -1.51. The molecule has 0 N–H and O–H groups in total. The highest BCUT2D eigenvalue weighted by atomic mass is 19.4. The van der Waals surface area contributed by atoms with Crippen LogP contribution in [0, 0.1) is 11.6 Å². The van der Waals surface area contributed by atoms with Gasteiger partial charge in [-0.15, -0.1) is 0 Å². The molecule has 0 spiro atoms. The highest BCUT2D eigenvalue weighted by Gasteiger charge is 2.29. The molecule has 0 bridgehead atoms. The highest BCUT2D eigenvalue weighted by Crippen LogP contribution is 2.38. The third-order valence-corrected chi connectivity index (χ3v) is 5.05. The zero-order valence-corrected chi connectivity index (χ0v) is 18.0. The Bertz CT molecular complexity index is 1360. The summed E-state index contributed by atoms with van der Waals surface area (Å²) in [6.45, 7) is 0.0807. The molecule has 0 unspecified atom stereocenters. The van der Waals surface area contributed by atoms with Gasteiger partial charge in [0.2, 0.25) is 5.88 Å². The summed E-state index contributed by atoms with van der Waals surface area (Å²) in [5.41, 5.74) is 0.115. The number of fused-ring (bicyclic) bond motifs is 2. The molecule has 0 aliphatic carbocycles. The van der Waals surface area contributed by atoms with Crippen LogP contribution >= 0.6 is 0 Å². The molecule has 0 atom stereocenters. The van der Waals surface area contributed by atoms with E-state index in [9.17, 15) is 17.6 Å². The molecule has 178 valence electrons. The molecule has 2 heterocycles. The van der Waals surface area contributed by atoms with Gasteiger partial charge in [0.1, 0.15) is 29.1 Å². The van der Waals surface area contributed by atoms with E-state index >= 15 is 4.39 Å². The fourth-order valence-corrected chi connectivity index (χ4v) is 3.65. The summed E-state index contributed by atoms with van der Waals surface area (Å²) < 4.78 is 83.2. The molecule has 4 aromatic rings. The van der Waals surface area contributed by atoms with Gasteiger partial charge in [0.25, 0.3) is 0 Å². The molecule has 0 aliphatic heterocycles. The Hall–Kier alpha value is -3.60. The van der Waals surface area contributed by atoms with E-state index < -0.39 is 30.3 Å². The number of hydrogen-bond donors (Lipinski definition) is 0. The van der Waals surface area contributed by atoms with Crippen molar-refractivity contribution in [3.8, 4) is 22.9 Å². The van der Waals surface area contributed by atoms with Crippen molar-refractivity contribution in [2.45, 2.75) is 19.5 Å². The summed E-state index contributed by atoms with van der Waals surface area (Å²) in [7, 11) is 1.44. The zero-order chi connectivity index (χ0) is 24.5. The Morgan fingerprint density at radius 1 is 1.00 bits per heavy atom. The fraction of sp³-hybridized carbons (Fsp3) is 0.261. The average molecular weight is 479 g/mol. The maximum atomic E-state index is 15.7. The Morgan fingerprint density at radius 3 is 2.50 bits per heavy atom. The minimum Gasteiger partial charge on any atom is -0.468 e. The maximum absolute atomic E-state index is 15.7. The summed E-state index contributed by atoms with van der Waals surface area (Å²) in [4.78, 5) is 11.7. The highest BCUT2D eigenvalue weighted by molar-refractivity contribution is 6.01. The molecule has 2 aromatic heterocycles. The van der Waals surface area contributed by atoms with E-state index in [4.69, 9.17) is 14.2 Å². The van der Waals surface area contributed by atoms with Crippen molar-refractivity contribution < 1.29 is 36.2 Å². The quantitative estimate of drug-likeness (QED) is 0.254. The molecule has 4 rings (SSSR count). The van der Waals surface area contributed by atoms with Crippen LogP contribution in [0.15, 0.2) is 36.8 Å². The molecular formula is C23H18F5N3O3. The first-order chi connectivity index (χ1) is 16.2. The Morgan fingerprint density at radius 2 is 1.79 bits per heavy atom. The topological polar surface area (TPSA) is 66.4 Å². The van der Waals surface area contributed by atoms with E-state index in [1.807, 2.05) is 0 Å². The van der Waals surface area contributed by atoms with E-state index in [-0.39, 0.29) is 29.0 Å². The van der Waals surface area contributed by atoms with Gasteiger partial charge >= 0.3 is 6.18 Å². The lowest BCUT2D eigenvalue weighted by Gasteiger charge is -2.16. The van der Waals surface area contributed by atoms with Gasteiger partial charge < -0.3 is 14.2 Å². The number of nitrogens with zero attached hydrogens (tertiary/aromatic N) is 3. The molecule has 6 nitrogen and oxygen atoms in total. The second-order valence-electron chi connectivity index (χ2n) is 7.27. The van der Waals surface area contributed by atoms with Gasteiger partial charge in [-0.1, -0.05) is 13.0 Å². The predicted octanol–water partition coefficient (Wildman–Crippen LogP) is 5.61. The van der Waals surface area contributed by atoms with Gasteiger partial charge in [0.05, 0.1) is 5.39 Å². The summed E-state index contributed by atoms with van der Waals surface area (Å²) >= 11 is 0. The second-order valence-corrected chi connectivity index (χ2v) is 7.27. The minimum atomic E-state index is -4.61. The normalized spacial score (nSPS) is 11.9. The Labute approximate surface area is 190 Å². The number of halogens is 5. The SMILES string of the molecule is CCc1c(F)ccc2cc(OCOC)cc(-c3ncc4c(OCC(F)(F)F)ncnc4c3F)c12. The van der Waals surface area contributed by atoms with E-state index in [0.717, 1.165) is 12.5 Å². The first-order valence-electron chi connectivity index (χ1n) is 10.1. The van der Waals surface area contributed by atoms with Crippen molar-refractivity contribution in [3.63, 3.8) is 0 Å². The summed E-state index contributed by atoms with van der Waals surface area (Å²) in [5, 5.41) is 0.881. The molecule has 0 saturated heterocycles. The number of benzene rings is 2. The van der Waals surface area contributed by atoms with Crippen molar-refractivity contribution in [2.75, 3.05) is 20.5 Å². The van der Waals surface area contributed by atoms with Gasteiger partial charge in [-0.05, 0) is 41.0 Å². The molecule has 34 heavy (non-hydrogen) atoms. The van der Waals surface area contributed by atoms with Gasteiger partial charge in [-0.3, -0.25) is 4.98 Å². The van der Waals surface area contributed by atoms with Crippen LogP contribution in [0.25, 0.3) is 32.9 Å². The Kier molecular flexibility index (Phi) is 6.47. The summed E-state index contributed by atoms with van der Waals surface area (Å²) in [6.07, 6.45) is -2.26. The molecule has 2 aromatic carbocycles. The third kappa shape index (κ3) is 4.56. The van der Waals surface area contributed by atoms with Crippen molar-refractivity contribution >= 4 is 21.7 Å². The van der Waals surface area contributed by atoms with Crippen LogP contribution < -0.4 is 9.47 Å². The minimum absolute atomic E-state index is 0.0759. The van der Waals surface area contributed by atoms with Gasteiger partial charge in [0, 0.05) is 18.9 Å². The van der Waals surface area contributed by atoms with Gasteiger partial charge in [0.15, 0.2) is 19.2 Å². The Balaban J connectivity index is 1.94. The predicted molar refractivity (Wildman–Crippen MR) is 114 cm³/mol. The monoisotopic (exact) mass is 479 g/mol. The van der Waals surface area contributed by atoms with Crippen molar-refractivity contribution in [1.29, 1.82) is 0 Å². The van der Waals surface area contributed by atoms with E-state index in [1.165, 1.54) is 25.3 Å².